The molecule has 0 saturated carbocycles. The summed E-state index contributed by atoms with van der Waals surface area (Å²) in [5, 5.41) is 3.84. The quantitative estimate of drug-likeness (QED) is 0.196. The minimum atomic E-state index is -0.922. The first-order valence-corrected chi connectivity index (χ1v) is 12.9. The van der Waals surface area contributed by atoms with E-state index >= 15 is 0 Å². The molecule has 1 heterocycles. The molecule has 194 valence electrons. The number of halogens is 1. The van der Waals surface area contributed by atoms with E-state index in [0.717, 1.165) is 16.0 Å². The van der Waals surface area contributed by atoms with Crippen LogP contribution < -0.4 is 11.1 Å². The van der Waals surface area contributed by atoms with Crippen LogP contribution in [0.4, 0.5) is 0 Å². The van der Waals surface area contributed by atoms with Crippen molar-refractivity contribution in [2.24, 2.45) is 5.73 Å². The first-order chi connectivity index (χ1) is 17.4. The number of Topliss-reactive ketones (excluding diaryl/α,β-unsaturated/α-hetero) is 1. The molecule has 0 unspecified atom stereocenters. The van der Waals surface area contributed by atoms with E-state index < -0.39 is 29.4 Å². The maximum atomic E-state index is 13.0. The summed E-state index contributed by atoms with van der Waals surface area (Å²) in [4.78, 5) is 50.2. The molecule has 0 saturated heterocycles. The van der Waals surface area contributed by atoms with Gasteiger partial charge in [-0.1, -0.05) is 35.9 Å². The van der Waals surface area contributed by atoms with Crippen molar-refractivity contribution >= 4 is 46.6 Å². The van der Waals surface area contributed by atoms with Crippen molar-refractivity contribution in [2.75, 3.05) is 0 Å². The molecule has 7 nitrogen and oxygen atoms in total. The molecular weight excluding hydrogens is 512 g/mol. The van der Waals surface area contributed by atoms with Crippen LogP contribution in [0.5, 0.6) is 0 Å². The highest BCUT2D eigenvalue weighted by Crippen LogP contribution is 2.28. The minimum absolute atomic E-state index is 0.00852. The zero-order valence-electron chi connectivity index (χ0n) is 20.9. The van der Waals surface area contributed by atoms with Crippen LogP contribution in [0, 0.1) is 0 Å². The number of carbonyl (C=O) groups excluding carboxylic acids is 4. The number of nitrogens with one attached hydrogen (secondary N) is 1. The van der Waals surface area contributed by atoms with Crippen LogP contribution in [0.1, 0.15) is 59.2 Å². The Morgan fingerprint density at radius 2 is 1.65 bits per heavy atom. The van der Waals surface area contributed by atoms with Gasteiger partial charge in [-0.2, -0.15) is 0 Å². The maximum absolute atomic E-state index is 13.0. The number of primary amides is 1. The van der Waals surface area contributed by atoms with E-state index in [4.69, 9.17) is 22.1 Å². The molecule has 0 aliphatic carbocycles. The summed E-state index contributed by atoms with van der Waals surface area (Å²) in [5.74, 6) is -2.15. The van der Waals surface area contributed by atoms with E-state index in [1.54, 1.807) is 42.5 Å². The fourth-order valence-electron chi connectivity index (χ4n) is 3.85. The normalized spacial score (nSPS) is 12.1. The number of amides is 1. The summed E-state index contributed by atoms with van der Waals surface area (Å²) < 4.78 is 5.17. The molecule has 0 spiro atoms. The van der Waals surface area contributed by atoms with Crippen LogP contribution in [-0.2, 0) is 20.7 Å². The fourth-order valence-corrected chi connectivity index (χ4v) is 4.88. The number of hydrogen-bond acceptors (Lipinski definition) is 7. The number of carbonyl (C=O) groups is 4. The van der Waals surface area contributed by atoms with Crippen LogP contribution in [-0.4, -0.2) is 35.2 Å². The molecule has 0 aliphatic rings. The Balaban J connectivity index is 1.68. The second kappa shape index (κ2) is 12.3. The lowest BCUT2D eigenvalue weighted by Gasteiger charge is -2.31. The van der Waals surface area contributed by atoms with Gasteiger partial charge in [-0.25, -0.2) is 9.59 Å². The average Bonchev–Trinajstić information content (AvgIpc) is 3.34. The highest BCUT2D eigenvalue weighted by molar-refractivity contribution is 7.17. The third-order valence-electron chi connectivity index (χ3n) is 5.64. The third kappa shape index (κ3) is 8.35. The van der Waals surface area contributed by atoms with Gasteiger partial charge in [0.1, 0.15) is 6.04 Å². The molecule has 0 fully saturated rings. The molecular formula is C28H29ClN2O5S. The van der Waals surface area contributed by atoms with Crippen molar-refractivity contribution in [3.05, 3.63) is 81.7 Å². The van der Waals surface area contributed by atoms with Crippen molar-refractivity contribution in [3.8, 4) is 10.4 Å². The number of rotatable bonds is 11. The SMILES string of the molecule is CC(=O)c1ccc(-c2ccc(C(=O)OC(=O)[C@H](CCC(N)=O)NC(C)(C)Cc3ccc(Cl)cc3)cc2)s1. The molecule has 1 amide bonds. The first kappa shape index (κ1) is 28.2. The van der Waals surface area contributed by atoms with Gasteiger partial charge < -0.3 is 10.5 Å². The average molecular weight is 541 g/mol. The van der Waals surface area contributed by atoms with Gasteiger partial charge in [-0.3, -0.25) is 14.9 Å². The van der Waals surface area contributed by atoms with Crippen LogP contribution in [0.15, 0.2) is 60.7 Å². The molecule has 0 aliphatic heterocycles. The van der Waals surface area contributed by atoms with Crippen LogP contribution in [0.2, 0.25) is 5.02 Å². The number of ketones is 1. The summed E-state index contributed by atoms with van der Waals surface area (Å²) in [6, 6.07) is 16.6. The molecule has 1 atom stereocenters. The Kier molecular flexibility index (Phi) is 9.37. The lowest BCUT2D eigenvalue weighted by Crippen LogP contribution is -2.51. The second-order valence-corrected chi connectivity index (χ2v) is 10.9. The van der Waals surface area contributed by atoms with E-state index in [-0.39, 0.29) is 24.2 Å². The van der Waals surface area contributed by atoms with Crippen molar-refractivity contribution < 1.29 is 23.9 Å². The number of thiophene rings is 1. The maximum Gasteiger partial charge on any atom is 0.345 e. The highest BCUT2D eigenvalue weighted by Gasteiger charge is 2.30. The van der Waals surface area contributed by atoms with Gasteiger partial charge in [0.2, 0.25) is 5.91 Å². The zero-order chi connectivity index (χ0) is 27.2. The van der Waals surface area contributed by atoms with Crippen molar-refractivity contribution in [2.45, 2.75) is 51.6 Å². The third-order valence-corrected chi connectivity index (χ3v) is 7.13. The Bertz CT molecular complexity index is 1280. The Morgan fingerprint density at radius 3 is 2.22 bits per heavy atom. The lowest BCUT2D eigenvalue weighted by molar-refractivity contribution is -0.141. The number of ether oxygens (including phenoxy) is 1. The number of hydrogen-bond donors (Lipinski definition) is 2. The first-order valence-electron chi connectivity index (χ1n) is 11.7. The molecule has 3 N–H and O–H groups in total. The largest absolute Gasteiger partial charge is 0.388 e. The van der Waals surface area contributed by atoms with Gasteiger partial charge in [0, 0.05) is 21.9 Å². The smallest absolute Gasteiger partial charge is 0.345 e. The molecule has 0 bridgehead atoms. The van der Waals surface area contributed by atoms with E-state index in [1.165, 1.54) is 18.3 Å². The summed E-state index contributed by atoms with van der Waals surface area (Å²) in [6.45, 7) is 5.33. The summed E-state index contributed by atoms with van der Waals surface area (Å²) >= 11 is 7.33. The van der Waals surface area contributed by atoms with E-state index in [2.05, 4.69) is 5.32 Å². The Labute approximate surface area is 225 Å². The predicted molar refractivity (Wildman–Crippen MR) is 145 cm³/mol. The lowest BCUT2D eigenvalue weighted by atomic mass is 9.93. The van der Waals surface area contributed by atoms with Gasteiger partial charge >= 0.3 is 11.9 Å². The van der Waals surface area contributed by atoms with E-state index in [1.807, 2.05) is 32.0 Å². The molecule has 2 aromatic carbocycles. The van der Waals surface area contributed by atoms with Gasteiger partial charge in [0.15, 0.2) is 5.78 Å². The predicted octanol–water partition coefficient (Wildman–Crippen LogP) is 5.20. The zero-order valence-corrected chi connectivity index (χ0v) is 22.4. The molecule has 1 aromatic heterocycles. The Hall–Kier alpha value is -3.33. The van der Waals surface area contributed by atoms with Gasteiger partial charge in [-0.05, 0) is 81.1 Å². The molecule has 0 radical (unpaired) electrons. The topological polar surface area (TPSA) is 116 Å². The molecule has 3 rings (SSSR count). The van der Waals surface area contributed by atoms with Crippen molar-refractivity contribution in [1.29, 1.82) is 0 Å². The van der Waals surface area contributed by atoms with E-state index in [9.17, 15) is 19.2 Å². The molecule has 37 heavy (non-hydrogen) atoms. The number of benzene rings is 2. The monoisotopic (exact) mass is 540 g/mol. The van der Waals surface area contributed by atoms with Crippen molar-refractivity contribution in [1.82, 2.24) is 5.32 Å². The van der Waals surface area contributed by atoms with Gasteiger partial charge in [-0.15, -0.1) is 11.3 Å². The standard InChI is InChI=1S/C28H29ClN2O5S/c1-17(32)23-13-14-24(37-23)19-6-8-20(9-7-19)26(34)36-27(35)22(12-15-25(30)33)31-28(2,3)16-18-4-10-21(29)11-5-18/h4-11,13-14,22,31H,12,15-16H2,1-3H3,(H2,30,33)/t22-/m0/s1. The van der Waals surface area contributed by atoms with Crippen LogP contribution in [0.25, 0.3) is 10.4 Å². The summed E-state index contributed by atoms with van der Waals surface area (Å²) in [7, 11) is 0. The molecule has 9 heteroatoms. The van der Waals surface area contributed by atoms with E-state index in [0.29, 0.717) is 16.3 Å². The minimum Gasteiger partial charge on any atom is -0.388 e. The Morgan fingerprint density at radius 1 is 1.00 bits per heavy atom. The van der Waals surface area contributed by atoms with Crippen molar-refractivity contribution in [3.63, 3.8) is 0 Å². The number of nitrogens with two attached hydrogens (primary N) is 1. The summed E-state index contributed by atoms with van der Waals surface area (Å²) in [5.41, 5.74) is 6.77. The second-order valence-electron chi connectivity index (χ2n) is 9.40. The number of esters is 2. The fraction of sp³-hybridized carbons (Fsp3) is 0.286. The summed E-state index contributed by atoms with van der Waals surface area (Å²) in [6.07, 6.45) is 0.602. The highest BCUT2D eigenvalue weighted by atomic mass is 35.5. The molecule has 3 aromatic rings. The van der Waals surface area contributed by atoms with Crippen LogP contribution in [0.3, 0.4) is 0 Å². The van der Waals surface area contributed by atoms with Gasteiger partial charge in [0.05, 0.1) is 10.4 Å². The van der Waals surface area contributed by atoms with Crippen LogP contribution >= 0.6 is 22.9 Å². The van der Waals surface area contributed by atoms with Gasteiger partial charge in [0.25, 0.3) is 0 Å².